The maximum Gasteiger partial charge on any atom is 0.0685 e. The third kappa shape index (κ3) is 2.99. The minimum absolute atomic E-state index is 0.0458. The maximum atomic E-state index is 10.2. The van der Waals surface area contributed by atoms with Crippen molar-refractivity contribution in [3.63, 3.8) is 0 Å². The molecule has 0 bridgehead atoms. The molecule has 0 spiro atoms. The van der Waals surface area contributed by atoms with Gasteiger partial charge >= 0.3 is 0 Å². The Bertz CT molecular complexity index is 491. The third-order valence-corrected chi connectivity index (χ3v) is 5.07. The first-order valence-electron chi connectivity index (χ1n) is 8.00. The fourth-order valence-electron chi connectivity index (χ4n) is 3.97. The van der Waals surface area contributed by atoms with E-state index in [1.54, 1.807) is 0 Å². The number of nitrogens with zero attached hydrogens (tertiary/aromatic N) is 1. The number of piperidine rings is 2. The lowest BCUT2D eigenvalue weighted by atomic mass is 9.84. The van der Waals surface area contributed by atoms with Gasteiger partial charge < -0.3 is 15.3 Å². The van der Waals surface area contributed by atoms with E-state index in [2.05, 4.69) is 4.90 Å². The molecule has 0 aliphatic carbocycles. The molecule has 0 amide bonds. The highest BCUT2D eigenvalue weighted by Crippen LogP contribution is 2.39. The van der Waals surface area contributed by atoms with Crippen molar-refractivity contribution in [2.24, 2.45) is 0 Å². The Hall–Kier alpha value is -0.940. The van der Waals surface area contributed by atoms with Crippen LogP contribution in [-0.2, 0) is 13.2 Å². The molecule has 4 heteroatoms. The average Bonchev–Trinajstić information content (AvgIpc) is 2.53. The van der Waals surface area contributed by atoms with Crippen LogP contribution in [0.5, 0.6) is 0 Å². The van der Waals surface area contributed by atoms with Crippen LogP contribution in [0, 0.1) is 0 Å². The van der Waals surface area contributed by atoms with Crippen molar-refractivity contribution in [3.05, 3.63) is 34.9 Å². The minimum atomic E-state index is -0.232. The molecule has 1 aromatic carbocycles. The molecule has 0 aromatic heterocycles. The van der Waals surface area contributed by atoms with Gasteiger partial charge in [-0.05, 0) is 48.9 Å². The molecular formula is C17H25NO3. The van der Waals surface area contributed by atoms with Gasteiger partial charge in [0.1, 0.15) is 0 Å². The second kappa shape index (κ2) is 6.44. The number of aliphatic hydroxyl groups excluding tert-OH is 3. The predicted molar refractivity (Wildman–Crippen MR) is 80.6 cm³/mol. The van der Waals surface area contributed by atoms with Crippen molar-refractivity contribution in [1.29, 1.82) is 0 Å². The van der Waals surface area contributed by atoms with Gasteiger partial charge in [-0.25, -0.2) is 0 Å². The summed E-state index contributed by atoms with van der Waals surface area (Å²) in [7, 11) is 0. The highest BCUT2D eigenvalue weighted by Gasteiger charge is 2.36. The summed E-state index contributed by atoms with van der Waals surface area (Å²) in [4.78, 5) is 2.53. The molecule has 2 saturated heterocycles. The Morgan fingerprint density at radius 3 is 2.62 bits per heavy atom. The largest absolute Gasteiger partial charge is 0.393 e. The summed E-state index contributed by atoms with van der Waals surface area (Å²) in [6.45, 7) is 0.997. The summed E-state index contributed by atoms with van der Waals surface area (Å²) in [5, 5.41) is 29.0. The summed E-state index contributed by atoms with van der Waals surface area (Å²) >= 11 is 0. The van der Waals surface area contributed by atoms with E-state index in [0.29, 0.717) is 6.04 Å². The lowest BCUT2D eigenvalue weighted by molar-refractivity contribution is -0.0180. The van der Waals surface area contributed by atoms with Crippen LogP contribution in [-0.4, -0.2) is 38.9 Å². The van der Waals surface area contributed by atoms with E-state index in [1.807, 2.05) is 18.2 Å². The van der Waals surface area contributed by atoms with Gasteiger partial charge in [-0.3, -0.25) is 4.90 Å². The first-order chi connectivity index (χ1) is 10.2. The van der Waals surface area contributed by atoms with E-state index in [0.717, 1.165) is 36.1 Å². The summed E-state index contributed by atoms with van der Waals surface area (Å²) in [5.74, 6) is 0. The molecule has 0 radical (unpaired) electrons. The first-order valence-corrected chi connectivity index (χ1v) is 8.00. The van der Waals surface area contributed by atoms with Crippen LogP contribution < -0.4 is 0 Å². The van der Waals surface area contributed by atoms with Crippen LogP contribution in [0.4, 0.5) is 0 Å². The average molecular weight is 291 g/mol. The molecule has 1 aromatic rings. The highest BCUT2D eigenvalue weighted by molar-refractivity contribution is 5.33. The Morgan fingerprint density at radius 1 is 1.05 bits per heavy atom. The lowest BCUT2D eigenvalue weighted by Crippen LogP contribution is -2.48. The standard InChI is InChI=1S/C17H25NO3/c19-10-13-5-4-12(7-14(13)11-20)17-9-16(21)8-15-3-1-2-6-18(15)17/h4-5,7,15-17,19-21H,1-3,6,8-11H2/t15-,16-,17-/m0/s1. The van der Waals surface area contributed by atoms with E-state index in [-0.39, 0.29) is 25.4 Å². The Kier molecular flexibility index (Phi) is 4.60. The van der Waals surface area contributed by atoms with Crippen LogP contribution in [0.1, 0.15) is 54.8 Å². The van der Waals surface area contributed by atoms with Crippen molar-refractivity contribution in [3.8, 4) is 0 Å². The summed E-state index contributed by atoms with van der Waals surface area (Å²) in [5.41, 5.74) is 2.73. The SMILES string of the molecule is OCc1ccc([C@@H]2C[C@@H](O)C[C@@H]3CCCCN32)cc1CO. The molecule has 2 aliphatic rings. The van der Waals surface area contributed by atoms with Crippen molar-refractivity contribution in [1.82, 2.24) is 4.90 Å². The summed E-state index contributed by atoms with van der Waals surface area (Å²) in [6.07, 6.45) is 5.08. The predicted octanol–water partition coefficient (Wildman–Crippen LogP) is 1.72. The van der Waals surface area contributed by atoms with E-state index in [4.69, 9.17) is 0 Å². The van der Waals surface area contributed by atoms with Gasteiger partial charge in [-0.2, -0.15) is 0 Å². The zero-order valence-corrected chi connectivity index (χ0v) is 12.4. The Labute approximate surface area is 126 Å². The van der Waals surface area contributed by atoms with Gasteiger partial charge in [0.05, 0.1) is 19.3 Å². The van der Waals surface area contributed by atoms with Gasteiger partial charge in [0.15, 0.2) is 0 Å². The van der Waals surface area contributed by atoms with E-state index >= 15 is 0 Å². The molecule has 116 valence electrons. The van der Waals surface area contributed by atoms with Gasteiger partial charge in [0.25, 0.3) is 0 Å². The molecule has 0 saturated carbocycles. The van der Waals surface area contributed by atoms with Crippen LogP contribution >= 0.6 is 0 Å². The normalized spacial score (nSPS) is 30.1. The number of fused-ring (bicyclic) bond motifs is 1. The van der Waals surface area contributed by atoms with Crippen molar-refractivity contribution in [2.75, 3.05) is 6.54 Å². The smallest absolute Gasteiger partial charge is 0.0685 e. The van der Waals surface area contributed by atoms with E-state index in [9.17, 15) is 15.3 Å². The molecule has 3 rings (SSSR count). The number of hydrogen-bond donors (Lipinski definition) is 3. The molecular weight excluding hydrogens is 266 g/mol. The van der Waals surface area contributed by atoms with Crippen LogP contribution in [0.3, 0.4) is 0 Å². The zero-order chi connectivity index (χ0) is 14.8. The van der Waals surface area contributed by atoms with Crippen molar-refractivity contribution >= 4 is 0 Å². The van der Waals surface area contributed by atoms with Gasteiger partial charge in [0, 0.05) is 12.1 Å². The van der Waals surface area contributed by atoms with Crippen LogP contribution in [0.25, 0.3) is 0 Å². The van der Waals surface area contributed by atoms with Crippen molar-refractivity contribution in [2.45, 2.75) is 63.5 Å². The van der Waals surface area contributed by atoms with E-state index in [1.165, 1.54) is 19.3 Å². The number of benzene rings is 1. The molecule has 4 nitrogen and oxygen atoms in total. The number of hydrogen-bond acceptors (Lipinski definition) is 4. The maximum absolute atomic E-state index is 10.2. The van der Waals surface area contributed by atoms with Crippen LogP contribution in [0.2, 0.25) is 0 Å². The second-order valence-corrected chi connectivity index (χ2v) is 6.37. The third-order valence-electron chi connectivity index (χ3n) is 5.07. The molecule has 21 heavy (non-hydrogen) atoms. The second-order valence-electron chi connectivity index (χ2n) is 6.37. The molecule has 2 aliphatic heterocycles. The Balaban J connectivity index is 1.89. The van der Waals surface area contributed by atoms with Gasteiger partial charge in [0.2, 0.25) is 0 Å². The topological polar surface area (TPSA) is 63.9 Å². The molecule has 0 unspecified atom stereocenters. The number of rotatable bonds is 3. The Morgan fingerprint density at radius 2 is 1.86 bits per heavy atom. The minimum Gasteiger partial charge on any atom is -0.393 e. The number of aliphatic hydroxyl groups is 3. The van der Waals surface area contributed by atoms with Crippen molar-refractivity contribution < 1.29 is 15.3 Å². The lowest BCUT2D eigenvalue weighted by Gasteiger charge is -2.47. The molecule has 3 N–H and O–H groups in total. The van der Waals surface area contributed by atoms with Crippen LogP contribution in [0.15, 0.2) is 18.2 Å². The summed E-state index contributed by atoms with van der Waals surface area (Å²) < 4.78 is 0. The monoisotopic (exact) mass is 291 g/mol. The molecule has 2 heterocycles. The fraction of sp³-hybridized carbons (Fsp3) is 0.647. The highest BCUT2D eigenvalue weighted by atomic mass is 16.3. The quantitative estimate of drug-likeness (QED) is 0.793. The molecule has 2 fully saturated rings. The molecule has 3 atom stereocenters. The zero-order valence-electron chi connectivity index (χ0n) is 12.4. The summed E-state index contributed by atoms with van der Waals surface area (Å²) in [6, 6.07) is 6.67. The van der Waals surface area contributed by atoms with E-state index < -0.39 is 0 Å². The first kappa shape index (κ1) is 15.0. The van der Waals surface area contributed by atoms with Gasteiger partial charge in [-0.1, -0.05) is 24.6 Å². The van der Waals surface area contributed by atoms with Gasteiger partial charge in [-0.15, -0.1) is 0 Å². The fourth-order valence-corrected chi connectivity index (χ4v) is 3.97.